The van der Waals surface area contributed by atoms with E-state index in [0.717, 1.165) is 51.6 Å². The fraction of sp³-hybridized carbons (Fsp3) is 1.00. The van der Waals surface area contributed by atoms with Gasteiger partial charge < -0.3 is 22.9 Å². The van der Waals surface area contributed by atoms with Crippen LogP contribution in [0.1, 0.15) is 51.4 Å². The van der Waals surface area contributed by atoms with Crippen molar-refractivity contribution in [3.05, 3.63) is 0 Å². The molecule has 4 nitrogen and oxygen atoms in total. The zero-order valence-electron chi connectivity index (χ0n) is 10.5. The standard InChI is InChI=1S/C12H30N4/c13-9-5-1-3-7-11(15)12(16)8-4-2-6-10-14/h11-12H,1-10,13-16H2/t11-,12-/m1/s1. The number of hydrogen-bond donors (Lipinski definition) is 4. The van der Waals surface area contributed by atoms with E-state index in [9.17, 15) is 0 Å². The summed E-state index contributed by atoms with van der Waals surface area (Å²) in [6.45, 7) is 1.56. The Bertz CT molecular complexity index is 125. The van der Waals surface area contributed by atoms with Crippen LogP contribution < -0.4 is 22.9 Å². The third kappa shape index (κ3) is 9.09. The molecule has 0 aromatic heterocycles. The van der Waals surface area contributed by atoms with Crippen molar-refractivity contribution in [2.45, 2.75) is 63.5 Å². The van der Waals surface area contributed by atoms with Crippen LogP contribution in [0.4, 0.5) is 0 Å². The van der Waals surface area contributed by atoms with E-state index in [1.54, 1.807) is 0 Å². The summed E-state index contributed by atoms with van der Waals surface area (Å²) in [5.74, 6) is 0. The minimum absolute atomic E-state index is 0.149. The molecule has 8 N–H and O–H groups in total. The highest BCUT2D eigenvalue weighted by molar-refractivity contribution is 4.75. The maximum atomic E-state index is 6.03. The normalized spacial score (nSPS) is 15.0. The van der Waals surface area contributed by atoms with Gasteiger partial charge >= 0.3 is 0 Å². The van der Waals surface area contributed by atoms with Crippen LogP contribution >= 0.6 is 0 Å². The van der Waals surface area contributed by atoms with Crippen molar-refractivity contribution in [2.75, 3.05) is 13.1 Å². The lowest BCUT2D eigenvalue weighted by Crippen LogP contribution is -2.41. The van der Waals surface area contributed by atoms with Crippen LogP contribution in [-0.4, -0.2) is 25.2 Å². The van der Waals surface area contributed by atoms with Gasteiger partial charge in [0.25, 0.3) is 0 Å². The molecular weight excluding hydrogens is 200 g/mol. The maximum absolute atomic E-state index is 6.03. The molecule has 0 spiro atoms. The van der Waals surface area contributed by atoms with Gasteiger partial charge in [0.1, 0.15) is 0 Å². The van der Waals surface area contributed by atoms with Crippen molar-refractivity contribution in [3.63, 3.8) is 0 Å². The Morgan fingerprint density at radius 3 is 1.25 bits per heavy atom. The second kappa shape index (κ2) is 11.3. The Labute approximate surface area is 100 Å². The molecule has 0 aromatic carbocycles. The first-order chi connectivity index (χ1) is 7.72. The highest BCUT2D eigenvalue weighted by Crippen LogP contribution is 2.09. The summed E-state index contributed by atoms with van der Waals surface area (Å²) >= 11 is 0. The van der Waals surface area contributed by atoms with E-state index in [1.807, 2.05) is 0 Å². The van der Waals surface area contributed by atoms with E-state index < -0.39 is 0 Å². The third-order valence-electron chi connectivity index (χ3n) is 3.03. The first-order valence-electron chi connectivity index (χ1n) is 6.63. The Kier molecular flexibility index (Phi) is 11.2. The van der Waals surface area contributed by atoms with Gasteiger partial charge in [0.05, 0.1) is 0 Å². The molecule has 0 heterocycles. The molecule has 16 heavy (non-hydrogen) atoms. The molecule has 0 aliphatic rings. The van der Waals surface area contributed by atoms with Crippen molar-refractivity contribution in [1.29, 1.82) is 0 Å². The van der Waals surface area contributed by atoms with E-state index in [-0.39, 0.29) is 12.1 Å². The Balaban J connectivity index is 3.38. The summed E-state index contributed by atoms with van der Waals surface area (Å²) in [6.07, 6.45) is 8.88. The number of rotatable bonds is 11. The molecule has 0 unspecified atom stereocenters. The molecule has 0 aromatic rings. The minimum Gasteiger partial charge on any atom is -0.330 e. The largest absolute Gasteiger partial charge is 0.330 e. The Hall–Kier alpha value is -0.160. The predicted molar refractivity (Wildman–Crippen MR) is 71.0 cm³/mol. The molecule has 0 radical (unpaired) electrons. The lowest BCUT2D eigenvalue weighted by Gasteiger charge is -2.19. The average Bonchev–Trinajstić information content (AvgIpc) is 2.29. The Morgan fingerprint density at radius 1 is 0.562 bits per heavy atom. The maximum Gasteiger partial charge on any atom is 0.0192 e. The van der Waals surface area contributed by atoms with Gasteiger partial charge in [-0.25, -0.2) is 0 Å². The van der Waals surface area contributed by atoms with Gasteiger partial charge in [-0.1, -0.05) is 25.7 Å². The summed E-state index contributed by atoms with van der Waals surface area (Å²) in [6, 6.07) is 0.298. The van der Waals surface area contributed by atoms with Crippen molar-refractivity contribution in [3.8, 4) is 0 Å². The molecule has 98 valence electrons. The van der Waals surface area contributed by atoms with Crippen LogP contribution in [-0.2, 0) is 0 Å². The molecule has 2 atom stereocenters. The van der Waals surface area contributed by atoms with Crippen molar-refractivity contribution >= 4 is 0 Å². The van der Waals surface area contributed by atoms with E-state index in [2.05, 4.69) is 0 Å². The molecule has 0 saturated heterocycles. The zero-order chi connectivity index (χ0) is 12.2. The predicted octanol–water partition coefficient (Wildman–Crippen LogP) is 0.679. The van der Waals surface area contributed by atoms with Gasteiger partial charge in [0.15, 0.2) is 0 Å². The van der Waals surface area contributed by atoms with Crippen molar-refractivity contribution in [1.82, 2.24) is 0 Å². The van der Waals surface area contributed by atoms with Crippen LogP contribution in [0.3, 0.4) is 0 Å². The average molecular weight is 230 g/mol. The zero-order valence-corrected chi connectivity index (χ0v) is 10.5. The molecule has 0 aliphatic heterocycles. The fourth-order valence-corrected chi connectivity index (χ4v) is 1.83. The first-order valence-corrected chi connectivity index (χ1v) is 6.63. The van der Waals surface area contributed by atoms with Gasteiger partial charge in [-0.15, -0.1) is 0 Å². The van der Waals surface area contributed by atoms with E-state index in [4.69, 9.17) is 22.9 Å². The van der Waals surface area contributed by atoms with Crippen LogP contribution in [0.2, 0.25) is 0 Å². The monoisotopic (exact) mass is 230 g/mol. The molecule has 0 saturated carbocycles. The summed E-state index contributed by atoms with van der Waals surface area (Å²) in [5, 5.41) is 0. The van der Waals surface area contributed by atoms with Crippen LogP contribution in [0.15, 0.2) is 0 Å². The van der Waals surface area contributed by atoms with Gasteiger partial charge in [-0.05, 0) is 38.8 Å². The quantitative estimate of drug-likeness (QED) is 0.392. The van der Waals surface area contributed by atoms with Gasteiger partial charge in [-0.3, -0.25) is 0 Å². The summed E-state index contributed by atoms with van der Waals surface area (Å²) < 4.78 is 0. The molecule has 0 bridgehead atoms. The molecule has 0 rings (SSSR count). The lowest BCUT2D eigenvalue weighted by molar-refractivity contribution is 0.435. The fourth-order valence-electron chi connectivity index (χ4n) is 1.83. The SMILES string of the molecule is NCCCCC[C@@H](N)[C@H](N)CCCCCN. The van der Waals surface area contributed by atoms with E-state index in [0.29, 0.717) is 0 Å². The molecular formula is C12H30N4. The number of hydrogen-bond acceptors (Lipinski definition) is 4. The number of unbranched alkanes of at least 4 members (excludes halogenated alkanes) is 4. The Morgan fingerprint density at radius 2 is 0.938 bits per heavy atom. The lowest BCUT2D eigenvalue weighted by atomic mass is 9.98. The van der Waals surface area contributed by atoms with Gasteiger partial charge in [0.2, 0.25) is 0 Å². The summed E-state index contributed by atoms with van der Waals surface area (Å²) in [5.41, 5.74) is 22.9. The molecule has 0 fully saturated rings. The second-order valence-electron chi connectivity index (χ2n) is 4.60. The van der Waals surface area contributed by atoms with Crippen LogP contribution in [0, 0.1) is 0 Å². The minimum atomic E-state index is 0.149. The smallest absolute Gasteiger partial charge is 0.0192 e. The van der Waals surface area contributed by atoms with Crippen LogP contribution in [0.5, 0.6) is 0 Å². The van der Waals surface area contributed by atoms with Gasteiger partial charge in [0, 0.05) is 12.1 Å². The first kappa shape index (κ1) is 15.8. The topological polar surface area (TPSA) is 104 Å². The van der Waals surface area contributed by atoms with E-state index in [1.165, 1.54) is 12.8 Å². The van der Waals surface area contributed by atoms with Gasteiger partial charge in [-0.2, -0.15) is 0 Å². The molecule has 0 aliphatic carbocycles. The second-order valence-corrected chi connectivity index (χ2v) is 4.60. The van der Waals surface area contributed by atoms with E-state index >= 15 is 0 Å². The summed E-state index contributed by atoms with van der Waals surface area (Å²) in [7, 11) is 0. The number of nitrogens with two attached hydrogens (primary N) is 4. The molecule has 4 heteroatoms. The highest BCUT2D eigenvalue weighted by atomic mass is 14.8. The highest BCUT2D eigenvalue weighted by Gasteiger charge is 2.11. The third-order valence-corrected chi connectivity index (χ3v) is 3.03. The summed E-state index contributed by atoms with van der Waals surface area (Å²) in [4.78, 5) is 0. The van der Waals surface area contributed by atoms with Crippen LogP contribution in [0.25, 0.3) is 0 Å². The van der Waals surface area contributed by atoms with Crippen molar-refractivity contribution in [2.24, 2.45) is 22.9 Å². The molecule has 0 amide bonds. The van der Waals surface area contributed by atoms with Crippen molar-refractivity contribution < 1.29 is 0 Å².